The minimum atomic E-state index is 0.543. The van der Waals surface area contributed by atoms with E-state index in [0.717, 1.165) is 19.3 Å². The van der Waals surface area contributed by atoms with Crippen LogP contribution in [-0.2, 0) is 19.3 Å². The Balaban J connectivity index is 1.49. The SMILES string of the molecule is CNC1Cc2ccccc2C1Cc1ccc(Cc2ccccc2)cc1. The van der Waals surface area contributed by atoms with E-state index in [9.17, 15) is 0 Å². The highest BCUT2D eigenvalue weighted by molar-refractivity contribution is 5.39. The smallest absolute Gasteiger partial charge is 0.0177 e. The van der Waals surface area contributed by atoms with E-state index >= 15 is 0 Å². The fourth-order valence-corrected chi connectivity index (χ4v) is 4.11. The van der Waals surface area contributed by atoms with Crippen molar-refractivity contribution in [3.8, 4) is 0 Å². The molecule has 1 nitrogen and oxygen atoms in total. The van der Waals surface area contributed by atoms with Gasteiger partial charge in [-0.1, -0.05) is 78.9 Å². The summed E-state index contributed by atoms with van der Waals surface area (Å²) in [6, 6.07) is 29.3. The summed E-state index contributed by atoms with van der Waals surface area (Å²) in [4.78, 5) is 0. The third kappa shape index (κ3) is 3.52. The van der Waals surface area contributed by atoms with Gasteiger partial charge in [-0.15, -0.1) is 0 Å². The molecule has 0 bridgehead atoms. The molecule has 126 valence electrons. The second-order valence-corrected chi connectivity index (χ2v) is 7.09. The normalized spacial score (nSPS) is 18.9. The van der Waals surface area contributed by atoms with Crippen molar-refractivity contribution in [3.63, 3.8) is 0 Å². The van der Waals surface area contributed by atoms with Crippen molar-refractivity contribution in [2.75, 3.05) is 7.05 Å². The molecule has 4 rings (SSSR count). The van der Waals surface area contributed by atoms with Crippen LogP contribution in [0.2, 0.25) is 0 Å². The summed E-state index contributed by atoms with van der Waals surface area (Å²) in [6.45, 7) is 0. The Morgan fingerprint density at radius 2 is 1.40 bits per heavy atom. The second kappa shape index (κ2) is 7.25. The molecule has 2 atom stereocenters. The quantitative estimate of drug-likeness (QED) is 0.713. The summed E-state index contributed by atoms with van der Waals surface area (Å²) in [7, 11) is 2.09. The fraction of sp³-hybridized carbons (Fsp3) is 0.250. The Labute approximate surface area is 150 Å². The number of likely N-dealkylation sites (N-methyl/N-ethyl adjacent to an activating group) is 1. The average Bonchev–Trinajstić information content (AvgIpc) is 3.02. The van der Waals surface area contributed by atoms with Crippen molar-refractivity contribution >= 4 is 0 Å². The summed E-state index contributed by atoms with van der Waals surface area (Å²) >= 11 is 0. The van der Waals surface area contributed by atoms with Crippen molar-refractivity contribution in [2.24, 2.45) is 0 Å². The largest absolute Gasteiger partial charge is 0.316 e. The van der Waals surface area contributed by atoms with Gasteiger partial charge in [0.1, 0.15) is 0 Å². The van der Waals surface area contributed by atoms with Crippen molar-refractivity contribution in [1.82, 2.24) is 5.32 Å². The Hall–Kier alpha value is -2.38. The number of hydrogen-bond donors (Lipinski definition) is 1. The van der Waals surface area contributed by atoms with Gasteiger partial charge in [-0.25, -0.2) is 0 Å². The molecule has 0 aliphatic heterocycles. The molecule has 0 fully saturated rings. The molecular weight excluding hydrogens is 302 g/mol. The van der Waals surface area contributed by atoms with Crippen LogP contribution in [0.4, 0.5) is 0 Å². The molecule has 0 aromatic heterocycles. The van der Waals surface area contributed by atoms with Gasteiger partial charge in [0, 0.05) is 12.0 Å². The second-order valence-electron chi connectivity index (χ2n) is 7.09. The third-order valence-corrected chi connectivity index (χ3v) is 5.48. The summed E-state index contributed by atoms with van der Waals surface area (Å²) in [5, 5.41) is 3.53. The van der Waals surface area contributed by atoms with Gasteiger partial charge in [0.2, 0.25) is 0 Å². The van der Waals surface area contributed by atoms with E-state index in [2.05, 4.69) is 91.2 Å². The highest BCUT2D eigenvalue weighted by atomic mass is 14.9. The van der Waals surface area contributed by atoms with E-state index in [4.69, 9.17) is 0 Å². The van der Waals surface area contributed by atoms with Gasteiger partial charge in [0.05, 0.1) is 0 Å². The molecule has 3 aromatic carbocycles. The maximum atomic E-state index is 3.53. The molecule has 3 aromatic rings. The summed E-state index contributed by atoms with van der Waals surface area (Å²) < 4.78 is 0. The van der Waals surface area contributed by atoms with E-state index < -0.39 is 0 Å². The topological polar surface area (TPSA) is 12.0 Å². The molecule has 1 aliphatic rings. The van der Waals surface area contributed by atoms with Crippen LogP contribution in [0.1, 0.15) is 33.7 Å². The van der Waals surface area contributed by atoms with Crippen molar-refractivity contribution < 1.29 is 0 Å². The minimum Gasteiger partial charge on any atom is -0.316 e. The molecule has 0 spiro atoms. The van der Waals surface area contributed by atoms with Crippen LogP contribution in [0.5, 0.6) is 0 Å². The molecular formula is C24H25N. The number of hydrogen-bond acceptors (Lipinski definition) is 1. The van der Waals surface area contributed by atoms with E-state index in [-0.39, 0.29) is 0 Å². The molecule has 0 radical (unpaired) electrons. The number of rotatable bonds is 5. The first-order valence-corrected chi connectivity index (χ1v) is 9.20. The van der Waals surface area contributed by atoms with Gasteiger partial charge in [-0.3, -0.25) is 0 Å². The molecule has 25 heavy (non-hydrogen) atoms. The maximum Gasteiger partial charge on any atom is 0.0177 e. The molecule has 1 N–H and O–H groups in total. The van der Waals surface area contributed by atoms with Gasteiger partial charge < -0.3 is 5.32 Å². The maximum absolute atomic E-state index is 3.53. The lowest BCUT2D eigenvalue weighted by Crippen LogP contribution is -2.30. The van der Waals surface area contributed by atoms with Gasteiger partial charge >= 0.3 is 0 Å². The Morgan fingerprint density at radius 1 is 0.760 bits per heavy atom. The predicted molar refractivity (Wildman–Crippen MR) is 105 cm³/mol. The van der Waals surface area contributed by atoms with Gasteiger partial charge in [-0.05, 0) is 54.1 Å². The molecule has 0 saturated heterocycles. The zero-order valence-corrected chi connectivity index (χ0v) is 14.8. The van der Waals surface area contributed by atoms with Gasteiger partial charge in [0.15, 0.2) is 0 Å². The first-order chi connectivity index (χ1) is 12.3. The van der Waals surface area contributed by atoms with Crippen molar-refractivity contribution in [3.05, 3.63) is 107 Å². The van der Waals surface area contributed by atoms with Crippen LogP contribution in [-0.4, -0.2) is 13.1 Å². The Bertz CT molecular complexity index is 820. The van der Waals surface area contributed by atoms with Crippen LogP contribution in [0.3, 0.4) is 0 Å². The predicted octanol–water partition coefficient (Wildman–Crippen LogP) is 4.75. The van der Waals surface area contributed by atoms with Crippen molar-refractivity contribution in [1.29, 1.82) is 0 Å². The van der Waals surface area contributed by atoms with Crippen molar-refractivity contribution in [2.45, 2.75) is 31.2 Å². The van der Waals surface area contributed by atoms with Crippen LogP contribution >= 0.6 is 0 Å². The van der Waals surface area contributed by atoms with Crippen LogP contribution in [0.15, 0.2) is 78.9 Å². The number of benzene rings is 3. The van der Waals surface area contributed by atoms with Gasteiger partial charge in [0.25, 0.3) is 0 Å². The molecule has 1 heteroatoms. The monoisotopic (exact) mass is 327 g/mol. The highest BCUT2D eigenvalue weighted by Gasteiger charge is 2.30. The third-order valence-electron chi connectivity index (χ3n) is 5.48. The highest BCUT2D eigenvalue weighted by Crippen LogP contribution is 2.35. The number of nitrogens with one attached hydrogen (secondary N) is 1. The van der Waals surface area contributed by atoms with E-state index in [1.54, 1.807) is 0 Å². The summed E-state index contributed by atoms with van der Waals surface area (Å²) in [5.41, 5.74) is 7.21. The lowest BCUT2D eigenvalue weighted by atomic mass is 9.90. The molecule has 2 unspecified atom stereocenters. The average molecular weight is 327 g/mol. The van der Waals surface area contributed by atoms with Crippen LogP contribution < -0.4 is 5.32 Å². The lowest BCUT2D eigenvalue weighted by molar-refractivity contribution is 0.492. The first-order valence-electron chi connectivity index (χ1n) is 9.20. The summed E-state index contributed by atoms with van der Waals surface area (Å²) in [6.07, 6.45) is 3.25. The Morgan fingerprint density at radius 3 is 2.16 bits per heavy atom. The Kier molecular flexibility index (Phi) is 4.67. The van der Waals surface area contributed by atoms with E-state index in [0.29, 0.717) is 12.0 Å². The minimum absolute atomic E-state index is 0.543. The summed E-state index contributed by atoms with van der Waals surface area (Å²) in [5.74, 6) is 0.571. The van der Waals surface area contributed by atoms with E-state index in [1.807, 2.05) is 0 Å². The molecule has 0 saturated carbocycles. The zero-order valence-electron chi connectivity index (χ0n) is 14.8. The van der Waals surface area contributed by atoms with E-state index in [1.165, 1.54) is 27.8 Å². The first kappa shape index (κ1) is 16.1. The zero-order chi connectivity index (χ0) is 17.1. The molecule has 1 aliphatic carbocycles. The molecule has 0 amide bonds. The fourth-order valence-electron chi connectivity index (χ4n) is 4.11. The standard InChI is InChI=1S/C24H25N/c1-25-24-17-21-9-5-6-10-22(21)23(24)16-20-13-11-19(12-14-20)15-18-7-3-2-4-8-18/h2-14,23-25H,15-17H2,1H3. The molecule has 0 heterocycles. The van der Waals surface area contributed by atoms with Crippen LogP contribution in [0, 0.1) is 0 Å². The van der Waals surface area contributed by atoms with Crippen LogP contribution in [0.25, 0.3) is 0 Å². The number of fused-ring (bicyclic) bond motifs is 1. The lowest BCUT2D eigenvalue weighted by Gasteiger charge is -2.20. The van der Waals surface area contributed by atoms with Gasteiger partial charge in [-0.2, -0.15) is 0 Å².